The zero-order chi connectivity index (χ0) is 17.1. The summed E-state index contributed by atoms with van der Waals surface area (Å²) in [4.78, 5) is 18.2. The number of aromatic nitrogens is 1. The highest BCUT2D eigenvalue weighted by Gasteiger charge is 2.29. The van der Waals surface area contributed by atoms with Gasteiger partial charge in [-0.2, -0.15) is 0 Å². The number of amides is 1. The summed E-state index contributed by atoms with van der Waals surface area (Å²) in [7, 11) is 0. The molecular weight excluding hydrogens is 331 g/mol. The van der Waals surface area contributed by atoms with Crippen LogP contribution in [0.3, 0.4) is 0 Å². The molecule has 1 atom stereocenters. The lowest BCUT2D eigenvalue weighted by atomic mass is 9.87. The van der Waals surface area contributed by atoms with Gasteiger partial charge < -0.3 is 10.0 Å². The Morgan fingerprint density at radius 2 is 1.92 bits per heavy atom. The first-order valence-electron chi connectivity index (χ1n) is 7.89. The molecule has 4 nitrogen and oxygen atoms in total. The third kappa shape index (κ3) is 3.57. The maximum Gasteiger partial charge on any atom is 0.256 e. The normalized spacial score (nSPS) is 16.9. The molecule has 1 aromatic carbocycles. The van der Waals surface area contributed by atoms with Gasteiger partial charge in [-0.15, -0.1) is 0 Å². The van der Waals surface area contributed by atoms with Gasteiger partial charge in [-0.05, 0) is 48.6 Å². The van der Waals surface area contributed by atoms with Gasteiger partial charge in [0, 0.05) is 19.3 Å². The van der Waals surface area contributed by atoms with E-state index in [1.807, 2.05) is 0 Å². The van der Waals surface area contributed by atoms with E-state index < -0.39 is 6.10 Å². The second-order valence-corrected chi connectivity index (χ2v) is 6.33. The third-order valence-electron chi connectivity index (χ3n) is 4.47. The molecule has 0 aliphatic carbocycles. The molecule has 0 bridgehead atoms. The Hall–Kier alpha value is -1.98. The minimum atomic E-state index is -0.648. The second-order valence-electron chi connectivity index (χ2n) is 5.97. The van der Waals surface area contributed by atoms with Crippen molar-refractivity contribution in [2.24, 2.45) is 5.92 Å². The van der Waals surface area contributed by atoms with E-state index >= 15 is 0 Å². The van der Waals surface area contributed by atoms with Crippen LogP contribution in [0.4, 0.5) is 4.39 Å². The molecule has 6 heteroatoms. The van der Waals surface area contributed by atoms with Crippen LogP contribution in [-0.2, 0) is 0 Å². The van der Waals surface area contributed by atoms with Crippen molar-refractivity contribution in [2.75, 3.05) is 13.1 Å². The highest BCUT2D eigenvalue weighted by molar-refractivity contribution is 6.32. The van der Waals surface area contributed by atoms with Crippen molar-refractivity contribution in [2.45, 2.75) is 18.9 Å². The average molecular weight is 349 g/mol. The number of hydrogen-bond acceptors (Lipinski definition) is 3. The fourth-order valence-electron chi connectivity index (χ4n) is 3.07. The lowest BCUT2D eigenvalue weighted by Gasteiger charge is -2.34. The van der Waals surface area contributed by atoms with E-state index in [4.69, 9.17) is 11.6 Å². The Labute approximate surface area is 144 Å². The molecule has 2 aromatic rings. The molecule has 126 valence electrons. The first kappa shape index (κ1) is 16.9. The predicted octanol–water partition coefficient (Wildman–Crippen LogP) is 3.46. The van der Waals surface area contributed by atoms with Gasteiger partial charge in [0.1, 0.15) is 11.0 Å². The zero-order valence-corrected chi connectivity index (χ0v) is 13.8. The SMILES string of the molecule is O=C(c1cccnc1Cl)N1CCC(C(O)c2ccc(F)cc2)CC1. The summed E-state index contributed by atoms with van der Waals surface area (Å²) >= 11 is 5.98. The number of aliphatic hydroxyl groups is 1. The van der Waals surface area contributed by atoms with Gasteiger partial charge in [0.2, 0.25) is 0 Å². The summed E-state index contributed by atoms with van der Waals surface area (Å²) < 4.78 is 13.0. The van der Waals surface area contributed by atoms with Crippen LogP contribution >= 0.6 is 11.6 Å². The molecule has 1 N–H and O–H groups in total. The maximum atomic E-state index is 13.0. The second kappa shape index (κ2) is 7.28. The van der Waals surface area contributed by atoms with Gasteiger partial charge in [0.05, 0.1) is 11.7 Å². The fourth-order valence-corrected chi connectivity index (χ4v) is 3.27. The molecule has 2 heterocycles. The van der Waals surface area contributed by atoms with Crippen LogP contribution in [-0.4, -0.2) is 34.0 Å². The van der Waals surface area contributed by atoms with Crippen molar-refractivity contribution in [3.63, 3.8) is 0 Å². The van der Waals surface area contributed by atoms with Gasteiger partial charge in [0.15, 0.2) is 0 Å². The molecule has 0 saturated carbocycles. The molecular formula is C18H18ClFN2O2. The van der Waals surface area contributed by atoms with Crippen LogP contribution in [0.15, 0.2) is 42.6 Å². The number of carbonyl (C=O) groups excluding carboxylic acids is 1. The van der Waals surface area contributed by atoms with E-state index in [0.29, 0.717) is 37.1 Å². The number of carbonyl (C=O) groups is 1. The van der Waals surface area contributed by atoms with Gasteiger partial charge in [-0.1, -0.05) is 23.7 Å². The molecule has 1 unspecified atom stereocenters. The van der Waals surface area contributed by atoms with Crippen LogP contribution in [0.2, 0.25) is 5.15 Å². The van der Waals surface area contributed by atoms with Crippen LogP contribution in [0.5, 0.6) is 0 Å². The highest BCUT2D eigenvalue weighted by atomic mass is 35.5. The quantitative estimate of drug-likeness (QED) is 0.864. The summed E-state index contributed by atoms with van der Waals surface area (Å²) in [5.41, 5.74) is 1.10. The summed E-state index contributed by atoms with van der Waals surface area (Å²) in [6.45, 7) is 1.10. The smallest absolute Gasteiger partial charge is 0.256 e. The number of likely N-dealkylation sites (tertiary alicyclic amines) is 1. The predicted molar refractivity (Wildman–Crippen MR) is 89.2 cm³/mol. The topological polar surface area (TPSA) is 53.4 Å². The first-order chi connectivity index (χ1) is 11.6. The van der Waals surface area contributed by atoms with Crippen molar-refractivity contribution in [1.82, 2.24) is 9.88 Å². The number of hydrogen-bond donors (Lipinski definition) is 1. The third-order valence-corrected chi connectivity index (χ3v) is 4.78. The first-order valence-corrected chi connectivity index (χ1v) is 8.27. The number of halogens is 2. The van der Waals surface area contributed by atoms with Crippen molar-refractivity contribution < 1.29 is 14.3 Å². The van der Waals surface area contributed by atoms with Crippen molar-refractivity contribution in [3.8, 4) is 0 Å². The zero-order valence-electron chi connectivity index (χ0n) is 13.0. The Morgan fingerprint density at radius 3 is 2.54 bits per heavy atom. The van der Waals surface area contributed by atoms with Gasteiger partial charge in [-0.25, -0.2) is 9.37 Å². The Bertz CT molecular complexity index is 715. The summed E-state index contributed by atoms with van der Waals surface area (Å²) in [5.74, 6) is -0.411. The van der Waals surface area contributed by atoms with E-state index in [-0.39, 0.29) is 22.8 Å². The molecule has 1 fully saturated rings. The van der Waals surface area contributed by atoms with Gasteiger partial charge in [0.25, 0.3) is 5.91 Å². The lowest BCUT2D eigenvalue weighted by Crippen LogP contribution is -2.40. The molecule has 0 radical (unpaired) electrons. The van der Waals surface area contributed by atoms with Gasteiger partial charge >= 0.3 is 0 Å². The lowest BCUT2D eigenvalue weighted by molar-refractivity contribution is 0.0462. The van der Waals surface area contributed by atoms with Crippen molar-refractivity contribution >= 4 is 17.5 Å². The van der Waals surface area contributed by atoms with E-state index in [0.717, 1.165) is 0 Å². The highest BCUT2D eigenvalue weighted by Crippen LogP contribution is 2.31. The van der Waals surface area contributed by atoms with Crippen LogP contribution in [0, 0.1) is 11.7 Å². The maximum absolute atomic E-state index is 13.0. The Balaban J connectivity index is 1.62. The summed E-state index contributed by atoms with van der Waals surface area (Å²) in [6, 6.07) is 9.25. The largest absolute Gasteiger partial charge is 0.388 e. The number of rotatable bonds is 3. The molecule has 24 heavy (non-hydrogen) atoms. The van der Waals surface area contributed by atoms with E-state index in [1.165, 1.54) is 12.1 Å². The minimum Gasteiger partial charge on any atom is -0.388 e. The van der Waals surface area contributed by atoms with Crippen LogP contribution in [0.25, 0.3) is 0 Å². The Kier molecular flexibility index (Phi) is 5.11. The molecule has 1 aromatic heterocycles. The average Bonchev–Trinajstić information content (AvgIpc) is 2.62. The molecule has 1 saturated heterocycles. The van der Waals surface area contributed by atoms with Crippen LogP contribution < -0.4 is 0 Å². The standard InChI is InChI=1S/C18H18ClFN2O2/c19-17-15(2-1-9-21-17)18(24)22-10-7-13(8-11-22)16(23)12-3-5-14(20)6-4-12/h1-6,9,13,16,23H,7-8,10-11H2. The van der Waals surface area contributed by atoms with E-state index in [2.05, 4.69) is 4.98 Å². The summed E-state index contributed by atoms with van der Waals surface area (Å²) in [5, 5.41) is 10.7. The van der Waals surface area contributed by atoms with Gasteiger partial charge in [-0.3, -0.25) is 4.79 Å². The summed E-state index contributed by atoms with van der Waals surface area (Å²) in [6.07, 6.45) is 2.26. The molecule has 0 spiro atoms. The van der Waals surface area contributed by atoms with E-state index in [1.54, 1.807) is 35.4 Å². The Morgan fingerprint density at radius 1 is 1.25 bits per heavy atom. The molecule has 3 rings (SSSR count). The number of aliphatic hydroxyl groups excluding tert-OH is 1. The molecule has 1 aliphatic heterocycles. The number of piperidine rings is 1. The number of nitrogens with zero attached hydrogens (tertiary/aromatic N) is 2. The molecule has 1 amide bonds. The van der Waals surface area contributed by atoms with Crippen molar-refractivity contribution in [3.05, 3.63) is 64.7 Å². The fraction of sp³-hybridized carbons (Fsp3) is 0.333. The van der Waals surface area contributed by atoms with E-state index in [9.17, 15) is 14.3 Å². The molecule has 1 aliphatic rings. The minimum absolute atomic E-state index is 0.0453. The number of benzene rings is 1. The van der Waals surface area contributed by atoms with Crippen molar-refractivity contribution in [1.29, 1.82) is 0 Å². The number of pyridine rings is 1. The monoisotopic (exact) mass is 348 g/mol. The van der Waals surface area contributed by atoms with Crippen LogP contribution in [0.1, 0.15) is 34.9 Å².